The number of benzene rings is 2. The second kappa shape index (κ2) is 7.38. The maximum atomic E-state index is 11.2. The average molecular weight is 469 g/mol. The van der Waals surface area contributed by atoms with E-state index in [9.17, 15) is 4.79 Å². The molecule has 0 aliphatic heterocycles. The van der Waals surface area contributed by atoms with Crippen LogP contribution in [0.15, 0.2) is 62.8 Å². The Kier molecular flexibility index (Phi) is 5.23. The largest absolute Gasteiger partial charge is 0.313 e. The van der Waals surface area contributed by atoms with Gasteiger partial charge in [0.15, 0.2) is 0 Å². The van der Waals surface area contributed by atoms with Gasteiger partial charge in [0.2, 0.25) is 0 Å². The number of aromatic amines is 1. The van der Waals surface area contributed by atoms with Gasteiger partial charge < -0.3 is 4.98 Å². The summed E-state index contributed by atoms with van der Waals surface area (Å²) in [6, 6.07) is 11.1. The van der Waals surface area contributed by atoms with E-state index < -0.39 is 0 Å². The first kappa shape index (κ1) is 17.0. The summed E-state index contributed by atoms with van der Waals surface area (Å²) in [7, 11) is 0. The molecule has 0 aliphatic carbocycles. The van der Waals surface area contributed by atoms with Crippen molar-refractivity contribution < 1.29 is 0 Å². The quantitative estimate of drug-likeness (QED) is 0.379. The Hall–Kier alpha value is -1.83. The Balaban J connectivity index is 0.000000141. The fourth-order valence-electron chi connectivity index (χ4n) is 2.04. The molecular formula is C16H9Br2ClN4O. The molecule has 0 saturated carbocycles. The topological polar surface area (TPSA) is 71.5 Å². The maximum absolute atomic E-state index is 11.2. The third-order valence-electron chi connectivity index (χ3n) is 3.15. The van der Waals surface area contributed by atoms with Crippen LogP contribution in [-0.2, 0) is 0 Å². The lowest BCUT2D eigenvalue weighted by Crippen LogP contribution is -2.05. The lowest BCUT2D eigenvalue weighted by molar-refractivity contribution is 1.17. The smallest absolute Gasteiger partial charge is 0.258 e. The number of rotatable bonds is 0. The molecule has 0 spiro atoms. The summed E-state index contributed by atoms with van der Waals surface area (Å²) >= 11 is 12.5. The molecule has 0 aliphatic rings. The van der Waals surface area contributed by atoms with Crippen LogP contribution >= 0.6 is 43.5 Å². The van der Waals surface area contributed by atoms with E-state index >= 15 is 0 Å². The molecule has 0 atom stereocenters. The Bertz CT molecular complexity index is 1080. The molecule has 4 rings (SSSR count). The van der Waals surface area contributed by atoms with Crippen molar-refractivity contribution in [2.45, 2.75) is 0 Å². The SMILES string of the molecule is Clc1ncnc2ccc(Br)cc12.O=c1[nH]cnc2ccc(Br)cc12. The molecule has 5 nitrogen and oxygen atoms in total. The van der Waals surface area contributed by atoms with Gasteiger partial charge in [0.05, 0.1) is 22.7 Å². The number of fused-ring (bicyclic) bond motifs is 2. The van der Waals surface area contributed by atoms with Gasteiger partial charge in [-0.2, -0.15) is 0 Å². The van der Waals surface area contributed by atoms with Crippen LogP contribution in [0.2, 0.25) is 5.15 Å². The average Bonchev–Trinajstić information content (AvgIpc) is 2.57. The molecule has 0 unspecified atom stereocenters. The van der Waals surface area contributed by atoms with Crippen LogP contribution in [0.1, 0.15) is 0 Å². The Labute approximate surface area is 158 Å². The zero-order chi connectivity index (χ0) is 17.1. The monoisotopic (exact) mass is 466 g/mol. The number of hydrogen-bond donors (Lipinski definition) is 1. The number of nitrogens with one attached hydrogen (secondary N) is 1. The third kappa shape index (κ3) is 3.80. The highest BCUT2D eigenvalue weighted by atomic mass is 79.9. The summed E-state index contributed by atoms with van der Waals surface area (Å²) < 4.78 is 1.86. The van der Waals surface area contributed by atoms with Crippen molar-refractivity contribution in [3.8, 4) is 0 Å². The molecule has 1 N–H and O–H groups in total. The molecule has 24 heavy (non-hydrogen) atoms. The van der Waals surface area contributed by atoms with Crippen molar-refractivity contribution in [2.75, 3.05) is 0 Å². The maximum Gasteiger partial charge on any atom is 0.258 e. The number of aromatic nitrogens is 4. The van der Waals surface area contributed by atoms with Crippen molar-refractivity contribution in [1.82, 2.24) is 19.9 Å². The van der Waals surface area contributed by atoms with E-state index in [1.807, 2.05) is 24.3 Å². The number of halogens is 3. The van der Waals surface area contributed by atoms with Crippen LogP contribution in [0.4, 0.5) is 0 Å². The van der Waals surface area contributed by atoms with Crippen LogP contribution < -0.4 is 5.56 Å². The van der Waals surface area contributed by atoms with E-state index in [0.717, 1.165) is 19.8 Å². The summed E-state index contributed by atoms with van der Waals surface area (Å²) in [5, 5.41) is 1.96. The van der Waals surface area contributed by atoms with Crippen LogP contribution in [0.25, 0.3) is 21.8 Å². The molecule has 0 saturated heterocycles. The highest BCUT2D eigenvalue weighted by molar-refractivity contribution is 9.10. The Morgan fingerprint density at radius 3 is 2.21 bits per heavy atom. The molecular weight excluding hydrogens is 459 g/mol. The van der Waals surface area contributed by atoms with Crippen molar-refractivity contribution >= 4 is 65.3 Å². The van der Waals surface area contributed by atoms with Gasteiger partial charge in [0.25, 0.3) is 5.56 Å². The fraction of sp³-hybridized carbons (Fsp3) is 0. The minimum absolute atomic E-state index is 0.110. The molecule has 2 aromatic carbocycles. The molecule has 2 aromatic heterocycles. The summed E-state index contributed by atoms with van der Waals surface area (Å²) in [4.78, 5) is 25.7. The molecule has 8 heteroatoms. The van der Waals surface area contributed by atoms with E-state index in [2.05, 4.69) is 51.8 Å². The van der Waals surface area contributed by atoms with Gasteiger partial charge in [0.1, 0.15) is 11.5 Å². The zero-order valence-corrected chi connectivity index (χ0v) is 15.9. The molecule has 0 radical (unpaired) electrons. The van der Waals surface area contributed by atoms with Crippen LogP contribution in [-0.4, -0.2) is 19.9 Å². The highest BCUT2D eigenvalue weighted by Gasteiger charge is 2.00. The van der Waals surface area contributed by atoms with Gasteiger partial charge in [-0.05, 0) is 36.4 Å². The van der Waals surface area contributed by atoms with Crippen molar-refractivity contribution in [3.63, 3.8) is 0 Å². The van der Waals surface area contributed by atoms with Gasteiger partial charge in [0, 0.05) is 14.3 Å². The van der Waals surface area contributed by atoms with Gasteiger partial charge in [-0.15, -0.1) is 0 Å². The minimum atomic E-state index is -0.110. The van der Waals surface area contributed by atoms with E-state index in [-0.39, 0.29) is 5.56 Å². The van der Waals surface area contributed by atoms with Gasteiger partial charge >= 0.3 is 0 Å². The fourth-order valence-corrected chi connectivity index (χ4v) is 2.96. The lowest BCUT2D eigenvalue weighted by atomic mass is 10.2. The molecule has 0 bridgehead atoms. The van der Waals surface area contributed by atoms with Crippen molar-refractivity contribution in [1.29, 1.82) is 0 Å². The zero-order valence-electron chi connectivity index (χ0n) is 12.0. The van der Waals surface area contributed by atoms with Crippen LogP contribution in [0, 0.1) is 0 Å². The van der Waals surface area contributed by atoms with Gasteiger partial charge in [-0.1, -0.05) is 43.5 Å². The first-order valence-electron chi connectivity index (χ1n) is 6.73. The van der Waals surface area contributed by atoms with Gasteiger partial charge in [-0.3, -0.25) is 4.79 Å². The van der Waals surface area contributed by atoms with Crippen molar-refractivity contribution in [3.05, 3.63) is 73.5 Å². The second-order valence-corrected chi connectivity index (χ2v) is 6.91. The van der Waals surface area contributed by atoms with Gasteiger partial charge in [-0.25, -0.2) is 15.0 Å². The molecule has 4 aromatic rings. The Morgan fingerprint density at radius 1 is 0.875 bits per heavy atom. The van der Waals surface area contributed by atoms with Crippen molar-refractivity contribution in [2.24, 2.45) is 0 Å². The van der Waals surface area contributed by atoms with E-state index in [0.29, 0.717) is 16.1 Å². The first-order valence-corrected chi connectivity index (χ1v) is 8.70. The molecule has 120 valence electrons. The number of hydrogen-bond acceptors (Lipinski definition) is 4. The molecule has 0 amide bonds. The standard InChI is InChI=1S/C8H4BrClN2.C8H5BrN2O/c9-5-1-2-7-6(3-5)8(10)12-4-11-7;9-5-1-2-7-6(3-5)8(12)11-4-10-7/h1-4H;1-4H,(H,10,11,12). The second-order valence-electron chi connectivity index (χ2n) is 4.72. The van der Waals surface area contributed by atoms with E-state index in [1.54, 1.807) is 12.1 Å². The highest BCUT2D eigenvalue weighted by Crippen LogP contribution is 2.22. The normalized spacial score (nSPS) is 10.5. The number of H-pyrrole nitrogens is 1. The summed E-state index contributed by atoms with van der Waals surface area (Å²) in [5.41, 5.74) is 1.46. The summed E-state index contributed by atoms with van der Waals surface area (Å²) in [6.07, 6.45) is 2.86. The van der Waals surface area contributed by atoms with E-state index in [1.165, 1.54) is 12.7 Å². The summed E-state index contributed by atoms with van der Waals surface area (Å²) in [5.74, 6) is 0. The van der Waals surface area contributed by atoms with Crippen LogP contribution in [0.5, 0.6) is 0 Å². The first-order chi connectivity index (χ1) is 11.5. The van der Waals surface area contributed by atoms with E-state index in [4.69, 9.17) is 11.6 Å². The lowest BCUT2D eigenvalue weighted by Gasteiger charge is -1.97. The third-order valence-corrected chi connectivity index (χ3v) is 4.44. The minimum Gasteiger partial charge on any atom is -0.313 e. The van der Waals surface area contributed by atoms with Crippen LogP contribution in [0.3, 0.4) is 0 Å². The predicted octanol–water partition coefficient (Wildman–Crippen LogP) is 4.73. The predicted molar refractivity (Wildman–Crippen MR) is 102 cm³/mol. The molecule has 2 heterocycles. The molecule has 0 fully saturated rings. The Morgan fingerprint density at radius 2 is 1.50 bits per heavy atom. The number of nitrogens with zero attached hydrogens (tertiary/aromatic N) is 3. The summed E-state index contributed by atoms with van der Waals surface area (Å²) in [6.45, 7) is 0.